The number of para-hydroxylation sites is 4. The Labute approximate surface area is 432 Å². The first-order valence-electron chi connectivity index (χ1n) is 25.6. The molecule has 0 atom stereocenters. The quantitative estimate of drug-likeness (QED) is 0.152. The number of hydrogen-bond acceptors (Lipinski definition) is 5. The van der Waals surface area contributed by atoms with E-state index in [0.717, 1.165) is 144 Å². The van der Waals surface area contributed by atoms with E-state index in [1.54, 1.807) is 0 Å². The Balaban J connectivity index is 0.886. The average molecular weight is 963 g/mol. The van der Waals surface area contributed by atoms with E-state index >= 15 is 0 Å². The number of aryl methyl sites for hydroxylation is 2. The van der Waals surface area contributed by atoms with Crippen LogP contribution < -0.4 is 9.80 Å². The molecule has 0 radical (unpaired) electrons. The molecular formula is C70H46N2O3. The van der Waals surface area contributed by atoms with Gasteiger partial charge in [0.25, 0.3) is 0 Å². The second-order valence-corrected chi connectivity index (χ2v) is 19.7. The molecule has 15 rings (SSSR count). The number of anilines is 6. The smallest absolute Gasteiger partial charge is 0.159 e. The normalized spacial score (nSPS) is 11.9. The number of hydrogen-bond donors (Lipinski definition) is 0. The molecule has 0 spiro atoms. The molecule has 354 valence electrons. The summed E-state index contributed by atoms with van der Waals surface area (Å²) in [5, 5.41) is 11.0. The molecule has 15 aromatic rings. The fourth-order valence-corrected chi connectivity index (χ4v) is 11.7. The molecule has 0 saturated carbocycles. The molecule has 0 aliphatic carbocycles. The van der Waals surface area contributed by atoms with E-state index < -0.39 is 0 Å². The second kappa shape index (κ2) is 16.9. The lowest BCUT2D eigenvalue weighted by molar-refractivity contribution is 0.669. The van der Waals surface area contributed by atoms with Gasteiger partial charge < -0.3 is 23.1 Å². The standard InChI is InChI=1S/C70H46N2O3/c1-43-15-9-21-49(39-43)71(61-29-13-27-59-57-25-11-23-55(67(57)74-69(59)61)45-17-5-3-6-18-45)51-33-35-53-47(41-51)31-37-63-65(53)66-54-36-34-52(42-48(54)32-38-64(66)73-63)72(50-22-10-16-44(2)40-50)62-30-14-28-60-58-26-12-24-56(68(58)75-70(60)62)46-19-7-4-8-20-46/h3-42H,1-2H3. The van der Waals surface area contributed by atoms with Gasteiger partial charge in [-0.15, -0.1) is 0 Å². The number of fused-ring (bicyclic) bond motifs is 13. The largest absolute Gasteiger partial charge is 0.456 e. The molecule has 0 bridgehead atoms. The van der Waals surface area contributed by atoms with E-state index in [1.165, 1.54) is 11.1 Å². The SMILES string of the molecule is Cc1cccc(N(c2ccc3c(ccc4oc5ccc6cc(N(c7cccc(C)c7)c7cccc8c7oc7c(-c9ccccc9)cccc78)ccc6c5c43)c2)c2cccc3c2oc2c(-c4ccccc4)cccc23)c1. The van der Waals surface area contributed by atoms with E-state index in [9.17, 15) is 0 Å². The summed E-state index contributed by atoms with van der Waals surface area (Å²) < 4.78 is 20.7. The van der Waals surface area contributed by atoms with Crippen LogP contribution in [0.15, 0.2) is 256 Å². The summed E-state index contributed by atoms with van der Waals surface area (Å²) >= 11 is 0. The maximum absolute atomic E-state index is 7.01. The van der Waals surface area contributed by atoms with Crippen LogP contribution in [0.2, 0.25) is 0 Å². The van der Waals surface area contributed by atoms with Crippen molar-refractivity contribution in [3.63, 3.8) is 0 Å². The van der Waals surface area contributed by atoms with Crippen molar-refractivity contribution in [1.82, 2.24) is 0 Å². The molecule has 0 amide bonds. The van der Waals surface area contributed by atoms with E-state index in [2.05, 4.69) is 266 Å². The summed E-state index contributed by atoms with van der Waals surface area (Å²) in [7, 11) is 0. The van der Waals surface area contributed by atoms with Crippen molar-refractivity contribution in [3.05, 3.63) is 254 Å². The lowest BCUT2D eigenvalue weighted by Gasteiger charge is -2.26. The van der Waals surface area contributed by atoms with Gasteiger partial charge in [0, 0.05) is 66.2 Å². The number of rotatable bonds is 8. The summed E-state index contributed by atoms with van der Waals surface area (Å²) in [5.74, 6) is 0. The van der Waals surface area contributed by atoms with Gasteiger partial charge in [-0.3, -0.25) is 0 Å². The van der Waals surface area contributed by atoms with Gasteiger partial charge in [-0.2, -0.15) is 0 Å². The van der Waals surface area contributed by atoms with Crippen molar-refractivity contribution >= 4 is 121 Å². The zero-order valence-electron chi connectivity index (χ0n) is 41.2. The monoisotopic (exact) mass is 962 g/mol. The lowest BCUT2D eigenvalue weighted by atomic mass is 9.98. The van der Waals surface area contributed by atoms with Crippen LogP contribution in [0.4, 0.5) is 34.1 Å². The highest BCUT2D eigenvalue weighted by Crippen LogP contribution is 2.48. The third-order valence-electron chi connectivity index (χ3n) is 15.1. The number of furan rings is 3. The first-order chi connectivity index (χ1) is 37.0. The van der Waals surface area contributed by atoms with Gasteiger partial charge in [-0.25, -0.2) is 0 Å². The van der Waals surface area contributed by atoms with Crippen LogP contribution in [-0.4, -0.2) is 0 Å². The third-order valence-corrected chi connectivity index (χ3v) is 15.1. The molecule has 0 aliphatic heterocycles. The topological polar surface area (TPSA) is 45.9 Å². The predicted molar refractivity (Wildman–Crippen MR) is 313 cm³/mol. The van der Waals surface area contributed by atoms with E-state index in [0.29, 0.717) is 0 Å². The highest BCUT2D eigenvalue weighted by Gasteiger charge is 2.25. The zero-order valence-corrected chi connectivity index (χ0v) is 41.2. The van der Waals surface area contributed by atoms with E-state index in [4.69, 9.17) is 13.3 Å². The van der Waals surface area contributed by atoms with Gasteiger partial charge in [0.05, 0.1) is 11.4 Å². The lowest BCUT2D eigenvalue weighted by Crippen LogP contribution is -2.10. The van der Waals surface area contributed by atoms with Gasteiger partial charge >= 0.3 is 0 Å². The molecule has 75 heavy (non-hydrogen) atoms. The molecule has 12 aromatic carbocycles. The van der Waals surface area contributed by atoms with Gasteiger partial charge in [0.1, 0.15) is 22.3 Å². The zero-order chi connectivity index (χ0) is 49.7. The van der Waals surface area contributed by atoms with Gasteiger partial charge in [0.15, 0.2) is 11.2 Å². The van der Waals surface area contributed by atoms with Crippen molar-refractivity contribution < 1.29 is 13.3 Å². The summed E-state index contributed by atoms with van der Waals surface area (Å²) in [5.41, 5.74) is 18.0. The fraction of sp³-hybridized carbons (Fsp3) is 0.0286. The van der Waals surface area contributed by atoms with Crippen LogP contribution in [0.25, 0.3) is 110 Å². The van der Waals surface area contributed by atoms with Crippen molar-refractivity contribution in [1.29, 1.82) is 0 Å². The van der Waals surface area contributed by atoms with Crippen LogP contribution in [0.5, 0.6) is 0 Å². The highest BCUT2D eigenvalue weighted by molar-refractivity contribution is 6.27. The first-order valence-corrected chi connectivity index (χ1v) is 25.6. The van der Waals surface area contributed by atoms with Gasteiger partial charge in [0.2, 0.25) is 0 Å². The summed E-state index contributed by atoms with van der Waals surface area (Å²) in [6.07, 6.45) is 0. The summed E-state index contributed by atoms with van der Waals surface area (Å²) in [4.78, 5) is 4.67. The van der Waals surface area contributed by atoms with Crippen LogP contribution >= 0.6 is 0 Å². The fourth-order valence-electron chi connectivity index (χ4n) is 11.7. The van der Waals surface area contributed by atoms with Gasteiger partial charge in [-0.05, 0) is 130 Å². The first kappa shape index (κ1) is 42.8. The summed E-state index contributed by atoms with van der Waals surface area (Å²) in [6, 6.07) is 86.5. The van der Waals surface area contributed by atoms with Crippen LogP contribution in [0, 0.1) is 13.8 Å². The van der Waals surface area contributed by atoms with Crippen molar-refractivity contribution in [2.45, 2.75) is 13.8 Å². The Morgan fingerprint density at radius 1 is 0.280 bits per heavy atom. The van der Waals surface area contributed by atoms with Crippen LogP contribution in [-0.2, 0) is 0 Å². The number of benzene rings is 12. The third kappa shape index (κ3) is 6.86. The van der Waals surface area contributed by atoms with E-state index in [1.807, 2.05) is 0 Å². The van der Waals surface area contributed by atoms with Crippen molar-refractivity contribution in [2.75, 3.05) is 9.80 Å². The van der Waals surface area contributed by atoms with Gasteiger partial charge in [-0.1, -0.05) is 170 Å². The average Bonchev–Trinajstić information content (AvgIpc) is 4.17. The molecule has 0 fully saturated rings. The molecule has 5 nitrogen and oxygen atoms in total. The van der Waals surface area contributed by atoms with Crippen LogP contribution in [0.1, 0.15) is 11.1 Å². The minimum Gasteiger partial charge on any atom is -0.456 e. The molecule has 0 saturated heterocycles. The maximum Gasteiger partial charge on any atom is 0.159 e. The summed E-state index contributed by atoms with van der Waals surface area (Å²) in [6.45, 7) is 4.29. The molecule has 0 aliphatic rings. The predicted octanol–water partition coefficient (Wildman–Crippen LogP) is 20.6. The molecular weight excluding hydrogens is 917 g/mol. The van der Waals surface area contributed by atoms with Crippen molar-refractivity contribution in [3.8, 4) is 22.3 Å². The Morgan fingerprint density at radius 2 is 0.680 bits per heavy atom. The Morgan fingerprint density at radius 3 is 1.12 bits per heavy atom. The Kier molecular flexibility index (Phi) is 9.63. The number of nitrogens with zero attached hydrogens (tertiary/aromatic N) is 2. The highest BCUT2D eigenvalue weighted by atomic mass is 16.3. The maximum atomic E-state index is 7.01. The van der Waals surface area contributed by atoms with Crippen LogP contribution in [0.3, 0.4) is 0 Å². The van der Waals surface area contributed by atoms with E-state index in [-0.39, 0.29) is 0 Å². The Hall–Kier alpha value is -9.84. The molecule has 3 aromatic heterocycles. The molecule has 3 heterocycles. The molecule has 0 unspecified atom stereocenters. The second-order valence-electron chi connectivity index (χ2n) is 19.7. The molecule has 5 heteroatoms. The minimum atomic E-state index is 0.840. The van der Waals surface area contributed by atoms with Crippen molar-refractivity contribution in [2.24, 2.45) is 0 Å². The minimum absolute atomic E-state index is 0.840. The Bertz CT molecular complexity index is 4450. The molecule has 0 N–H and O–H groups in total.